The average molecular weight is 343 g/mol. The van der Waals surface area contributed by atoms with E-state index >= 15 is 0 Å². The van der Waals surface area contributed by atoms with Crippen molar-refractivity contribution in [2.45, 2.75) is 90.9 Å². The van der Waals surface area contributed by atoms with Crippen molar-refractivity contribution in [3.63, 3.8) is 0 Å². The molecule has 0 aliphatic carbocycles. The molecule has 2 nitrogen and oxygen atoms in total. The van der Waals surface area contributed by atoms with Crippen LogP contribution in [0, 0.1) is 17.2 Å². The van der Waals surface area contributed by atoms with Crippen molar-refractivity contribution in [2.75, 3.05) is 11.9 Å². The second-order valence-electron chi connectivity index (χ2n) is 7.69. The summed E-state index contributed by atoms with van der Waals surface area (Å²) in [7, 11) is 0. The van der Waals surface area contributed by atoms with Crippen LogP contribution in [0.15, 0.2) is 24.3 Å². The van der Waals surface area contributed by atoms with Gasteiger partial charge in [-0.25, -0.2) is 0 Å². The van der Waals surface area contributed by atoms with Gasteiger partial charge in [0.2, 0.25) is 0 Å². The molecule has 0 atom stereocenters. The Labute approximate surface area is 156 Å². The highest BCUT2D eigenvalue weighted by Gasteiger charge is 1.96. The first-order chi connectivity index (χ1) is 12.2. The molecule has 1 aromatic rings. The highest BCUT2D eigenvalue weighted by Crippen LogP contribution is 2.14. The standard InChI is InChI=1S/C23H38N2/c1-21(2)14-12-10-8-6-4-3-5-7-9-11-13-19-25-23-17-15-22(20-24)16-18-23/h15-18,21,25H,3-14,19H2,1-2H3. The normalized spacial score (nSPS) is 10.8. The van der Waals surface area contributed by atoms with E-state index < -0.39 is 0 Å². The smallest absolute Gasteiger partial charge is 0.0991 e. The van der Waals surface area contributed by atoms with Crippen LogP contribution in [0.2, 0.25) is 0 Å². The fraction of sp³-hybridized carbons (Fsp3) is 0.696. The molecule has 0 saturated carbocycles. The number of hydrogen-bond acceptors (Lipinski definition) is 2. The second kappa shape index (κ2) is 14.8. The molecule has 2 heteroatoms. The Morgan fingerprint density at radius 2 is 1.24 bits per heavy atom. The molecule has 0 unspecified atom stereocenters. The molecule has 1 aromatic carbocycles. The zero-order valence-electron chi connectivity index (χ0n) is 16.5. The molecule has 1 rings (SSSR count). The van der Waals surface area contributed by atoms with E-state index in [0.717, 1.165) is 23.7 Å². The summed E-state index contributed by atoms with van der Waals surface area (Å²) in [6.07, 6.45) is 16.7. The zero-order chi connectivity index (χ0) is 18.2. The third-order valence-corrected chi connectivity index (χ3v) is 4.80. The Hall–Kier alpha value is -1.49. The predicted molar refractivity (Wildman–Crippen MR) is 110 cm³/mol. The van der Waals surface area contributed by atoms with Crippen LogP contribution in [-0.2, 0) is 0 Å². The molecule has 0 aliphatic rings. The molecule has 0 aromatic heterocycles. The fourth-order valence-electron chi connectivity index (χ4n) is 3.16. The molecule has 0 saturated heterocycles. The monoisotopic (exact) mass is 342 g/mol. The Kier molecular flexibility index (Phi) is 12.8. The summed E-state index contributed by atoms with van der Waals surface area (Å²) in [6, 6.07) is 9.86. The Bertz CT molecular complexity index is 456. The summed E-state index contributed by atoms with van der Waals surface area (Å²) in [5.74, 6) is 0.874. The first-order valence-electron chi connectivity index (χ1n) is 10.5. The van der Waals surface area contributed by atoms with Crippen molar-refractivity contribution in [3.05, 3.63) is 29.8 Å². The lowest BCUT2D eigenvalue weighted by Gasteiger charge is -2.06. The highest BCUT2D eigenvalue weighted by atomic mass is 14.9. The number of anilines is 1. The van der Waals surface area contributed by atoms with Crippen LogP contribution in [0.5, 0.6) is 0 Å². The molecule has 0 radical (unpaired) electrons. The van der Waals surface area contributed by atoms with Gasteiger partial charge in [-0.1, -0.05) is 84.5 Å². The topological polar surface area (TPSA) is 35.8 Å². The zero-order valence-corrected chi connectivity index (χ0v) is 16.5. The van der Waals surface area contributed by atoms with Gasteiger partial charge in [0, 0.05) is 12.2 Å². The summed E-state index contributed by atoms with van der Waals surface area (Å²) < 4.78 is 0. The maximum atomic E-state index is 8.78. The minimum absolute atomic E-state index is 0.723. The van der Waals surface area contributed by atoms with Gasteiger partial charge in [-0.15, -0.1) is 0 Å². The van der Waals surface area contributed by atoms with Gasteiger partial charge < -0.3 is 5.32 Å². The van der Waals surface area contributed by atoms with E-state index in [1.54, 1.807) is 0 Å². The van der Waals surface area contributed by atoms with Crippen molar-refractivity contribution in [3.8, 4) is 6.07 Å². The minimum atomic E-state index is 0.723. The number of nitriles is 1. The van der Waals surface area contributed by atoms with Crippen molar-refractivity contribution in [1.82, 2.24) is 0 Å². The lowest BCUT2D eigenvalue weighted by molar-refractivity contribution is 0.504. The van der Waals surface area contributed by atoms with E-state index in [-0.39, 0.29) is 0 Å². The molecule has 0 amide bonds. The van der Waals surface area contributed by atoms with E-state index in [0.29, 0.717) is 0 Å². The van der Waals surface area contributed by atoms with Crippen molar-refractivity contribution in [1.29, 1.82) is 5.26 Å². The number of nitrogens with one attached hydrogen (secondary N) is 1. The van der Waals surface area contributed by atoms with Gasteiger partial charge in [0.1, 0.15) is 0 Å². The number of unbranched alkanes of at least 4 members (excludes halogenated alkanes) is 10. The lowest BCUT2D eigenvalue weighted by atomic mass is 10.0. The van der Waals surface area contributed by atoms with Crippen molar-refractivity contribution < 1.29 is 0 Å². The maximum Gasteiger partial charge on any atom is 0.0991 e. The Morgan fingerprint density at radius 1 is 0.760 bits per heavy atom. The van der Waals surface area contributed by atoms with Gasteiger partial charge in [0.25, 0.3) is 0 Å². The van der Waals surface area contributed by atoms with E-state index in [2.05, 4.69) is 25.2 Å². The van der Waals surface area contributed by atoms with E-state index in [1.165, 1.54) is 77.0 Å². The third kappa shape index (κ3) is 12.5. The van der Waals surface area contributed by atoms with Gasteiger partial charge >= 0.3 is 0 Å². The van der Waals surface area contributed by atoms with Gasteiger partial charge in [-0.3, -0.25) is 0 Å². The molecular formula is C23H38N2. The van der Waals surface area contributed by atoms with Crippen LogP contribution < -0.4 is 5.32 Å². The first-order valence-corrected chi connectivity index (χ1v) is 10.5. The number of hydrogen-bond donors (Lipinski definition) is 1. The molecular weight excluding hydrogens is 304 g/mol. The highest BCUT2D eigenvalue weighted by molar-refractivity contribution is 5.46. The molecule has 140 valence electrons. The molecule has 0 spiro atoms. The van der Waals surface area contributed by atoms with Gasteiger partial charge in [-0.05, 0) is 36.6 Å². The Balaban J connectivity index is 1.80. The summed E-state index contributed by atoms with van der Waals surface area (Å²) in [5, 5.41) is 12.2. The van der Waals surface area contributed by atoms with Crippen molar-refractivity contribution in [2.24, 2.45) is 5.92 Å². The number of nitrogens with zero attached hydrogens (tertiary/aromatic N) is 1. The van der Waals surface area contributed by atoms with Crippen LogP contribution in [-0.4, -0.2) is 6.54 Å². The lowest BCUT2D eigenvalue weighted by Crippen LogP contribution is -2.01. The first kappa shape index (κ1) is 21.6. The summed E-state index contributed by atoms with van der Waals surface area (Å²) in [5.41, 5.74) is 1.84. The molecule has 0 fully saturated rings. The minimum Gasteiger partial charge on any atom is -0.385 e. The van der Waals surface area contributed by atoms with Crippen LogP contribution in [0.4, 0.5) is 5.69 Å². The van der Waals surface area contributed by atoms with E-state index in [9.17, 15) is 0 Å². The third-order valence-electron chi connectivity index (χ3n) is 4.80. The second-order valence-corrected chi connectivity index (χ2v) is 7.69. The summed E-state index contributed by atoms with van der Waals surface area (Å²) in [4.78, 5) is 0. The average Bonchev–Trinajstić information content (AvgIpc) is 2.62. The molecule has 0 aliphatic heterocycles. The van der Waals surface area contributed by atoms with Gasteiger partial charge in [0.05, 0.1) is 11.6 Å². The number of benzene rings is 1. The molecule has 1 N–H and O–H groups in total. The molecule has 0 bridgehead atoms. The van der Waals surface area contributed by atoms with Gasteiger partial charge in [-0.2, -0.15) is 5.26 Å². The maximum absolute atomic E-state index is 8.78. The molecule has 25 heavy (non-hydrogen) atoms. The van der Waals surface area contributed by atoms with Crippen LogP contribution in [0.1, 0.15) is 96.5 Å². The largest absolute Gasteiger partial charge is 0.385 e. The van der Waals surface area contributed by atoms with Crippen LogP contribution in [0.3, 0.4) is 0 Å². The number of rotatable bonds is 15. The predicted octanol–water partition coefficient (Wildman–Crippen LogP) is 7.31. The summed E-state index contributed by atoms with van der Waals surface area (Å²) >= 11 is 0. The summed E-state index contributed by atoms with van der Waals surface area (Å²) in [6.45, 7) is 5.68. The quantitative estimate of drug-likeness (QED) is 0.339. The fourth-order valence-corrected chi connectivity index (χ4v) is 3.16. The van der Waals surface area contributed by atoms with Crippen LogP contribution in [0.25, 0.3) is 0 Å². The van der Waals surface area contributed by atoms with Crippen LogP contribution >= 0.6 is 0 Å². The van der Waals surface area contributed by atoms with Crippen molar-refractivity contribution >= 4 is 5.69 Å². The van der Waals surface area contributed by atoms with E-state index in [4.69, 9.17) is 5.26 Å². The Morgan fingerprint density at radius 3 is 1.72 bits per heavy atom. The molecule has 0 heterocycles. The van der Waals surface area contributed by atoms with Gasteiger partial charge in [0.15, 0.2) is 0 Å². The SMILES string of the molecule is CC(C)CCCCCCCCCCCCCNc1ccc(C#N)cc1. The van der Waals surface area contributed by atoms with E-state index in [1.807, 2.05) is 24.3 Å².